The predicted molar refractivity (Wildman–Crippen MR) is 13.6 cm³/mol. The van der Waals surface area contributed by atoms with Gasteiger partial charge in [-0.2, -0.15) is 0 Å². The topological polar surface area (TPSA) is 63.2 Å². The van der Waals surface area contributed by atoms with Crippen molar-refractivity contribution in [3.05, 3.63) is 0 Å². The van der Waals surface area contributed by atoms with Gasteiger partial charge in [0.1, 0.15) is 0 Å². The summed E-state index contributed by atoms with van der Waals surface area (Å²) in [5.41, 5.74) is 0. The van der Waals surface area contributed by atoms with Crippen LogP contribution in [0.1, 0.15) is 0 Å². The molecule has 0 saturated carbocycles. The first-order valence-corrected chi connectivity index (χ1v) is 2.85. The first-order valence-electron chi connectivity index (χ1n) is 1.24. The molecule has 0 unspecified atom stereocenters. The molecule has 0 rings (SSSR count). The van der Waals surface area contributed by atoms with E-state index in [4.69, 9.17) is 14.4 Å². The fourth-order valence-electron chi connectivity index (χ4n) is 0. The van der Waals surface area contributed by atoms with E-state index in [1.807, 2.05) is 0 Å². The van der Waals surface area contributed by atoms with Crippen molar-refractivity contribution in [2.75, 3.05) is 0 Å². The maximum atomic E-state index is 10.7. The second-order valence-electron chi connectivity index (χ2n) is 0.817. The normalized spacial score (nSPS) is 9.89. The molecule has 9 heavy (non-hydrogen) atoms. The predicted octanol–water partition coefficient (Wildman–Crippen LogP) is -6.87. The smallest absolute Gasteiger partial charge is 0.807 e. The first kappa shape index (κ1) is 17.2. The maximum absolute atomic E-state index is 10.7. The van der Waals surface area contributed by atoms with Gasteiger partial charge in [0, 0.05) is 7.60 Å². The van der Waals surface area contributed by atoms with Gasteiger partial charge in [-0.25, -0.2) is 8.78 Å². The molecule has 0 N–H and O–H groups in total. The molecule has 0 aliphatic heterocycles. The molecule has 0 spiro atoms. The van der Waals surface area contributed by atoms with Gasteiger partial charge in [-0.3, -0.25) is 0 Å². The van der Waals surface area contributed by atoms with Gasteiger partial charge < -0.3 is 14.4 Å². The van der Waals surface area contributed by atoms with Crippen LogP contribution >= 0.6 is 7.60 Å². The second-order valence-corrected chi connectivity index (χ2v) is 2.29. The zero-order valence-electron chi connectivity index (χ0n) is 5.01. The average molecular weight is 176 g/mol. The Labute approximate surface area is 94.9 Å². The molecule has 3 nitrogen and oxygen atoms in total. The maximum Gasteiger partial charge on any atom is 1.00 e. The van der Waals surface area contributed by atoms with E-state index < -0.39 is 13.8 Å². The third kappa shape index (κ3) is 10.0. The number of halogens is 2. The van der Waals surface area contributed by atoms with E-state index >= 15 is 0 Å². The minimum Gasteiger partial charge on any atom is -0.807 e. The summed E-state index contributed by atoms with van der Waals surface area (Å²) in [6, 6.07) is 0. The minimum atomic E-state index is -5.57. The standard InChI is InChI=1S/CH3F2O3P.2Na/c2-1(3)7(4,5)6;;/h1H,(H2,4,5,6);;/q;2*+1/p-2. The summed E-state index contributed by atoms with van der Waals surface area (Å²) in [7, 11) is -5.57. The molecule has 0 aliphatic carbocycles. The van der Waals surface area contributed by atoms with Crippen LogP contribution in [0.3, 0.4) is 0 Å². The van der Waals surface area contributed by atoms with Crippen LogP contribution in [0.4, 0.5) is 8.78 Å². The molecule has 0 atom stereocenters. The van der Waals surface area contributed by atoms with Crippen LogP contribution in [0, 0.1) is 0 Å². The van der Waals surface area contributed by atoms with E-state index in [-0.39, 0.29) is 59.1 Å². The van der Waals surface area contributed by atoms with Crippen LogP contribution in [0.15, 0.2) is 0 Å². The molecule has 0 aliphatic rings. The Morgan fingerprint density at radius 3 is 1.33 bits per heavy atom. The second kappa shape index (κ2) is 6.70. The molecule has 0 saturated heterocycles. The van der Waals surface area contributed by atoms with Gasteiger partial charge in [0.2, 0.25) is 0 Å². The Bertz CT molecular complexity index is 102. The van der Waals surface area contributed by atoms with Crippen LogP contribution in [0.2, 0.25) is 0 Å². The number of hydrogen-bond acceptors (Lipinski definition) is 3. The number of hydrogen-bond donors (Lipinski definition) is 0. The molecule has 0 radical (unpaired) electrons. The Balaban J connectivity index is -0.000000180. The molecule has 0 bridgehead atoms. The van der Waals surface area contributed by atoms with E-state index in [1.165, 1.54) is 0 Å². The van der Waals surface area contributed by atoms with E-state index in [9.17, 15) is 8.78 Å². The fraction of sp³-hybridized carbons (Fsp3) is 1.00. The van der Waals surface area contributed by atoms with Crippen LogP contribution < -0.4 is 68.9 Å². The van der Waals surface area contributed by atoms with Crippen molar-refractivity contribution in [2.45, 2.75) is 6.17 Å². The molecule has 0 fully saturated rings. The van der Waals surface area contributed by atoms with Crippen molar-refractivity contribution in [1.29, 1.82) is 0 Å². The molecular weight excluding hydrogens is 175 g/mol. The molecule has 8 heteroatoms. The summed E-state index contributed by atoms with van der Waals surface area (Å²) < 4.78 is 30.4. The zero-order chi connectivity index (χ0) is 6.08. The Morgan fingerprint density at radius 2 is 1.33 bits per heavy atom. The summed E-state index contributed by atoms with van der Waals surface area (Å²) in [5, 5.41) is 0. The van der Waals surface area contributed by atoms with Gasteiger partial charge in [0.15, 0.2) is 0 Å². The quantitative estimate of drug-likeness (QED) is 0.294. The summed E-state index contributed by atoms with van der Waals surface area (Å²) in [6.07, 6.45) is -3.76. The van der Waals surface area contributed by atoms with Crippen LogP contribution in [-0.4, -0.2) is 6.17 Å². The average Bonchev–Trinajstić information content (AvgIpc) is 1.31. The van der Waals surface area contributed by atoms with Crippen molar-refractivity contribution in [2.24, 2.45) is 0 Å². The van der Waals surface area contributed by atoms with Crippen molar-refractivity contribution in [3.63, 3.8) is 0 Å². The molecule has 0 heterocycles. The van der Waals surface area contributed by atoms with Gasteiger partial charge in [-0.1, -0.05) is 0 Å². The van der Waals surface area contributed by atoms with Gasteiger partial charge in [-0.15, -0.1) is 0 Å². The molecule has 0 aromatic heterocycles. The van der Waals surface area contributed by atoms with Crippen molar-refractivity contribution < 1.29 is 82.2 Å². The zero-order valence-corrected chi connectivity index (χ0v) is 9.90. The van der Waals surface area contributed by atoms with Crippen LogP contribution in [0.25, 0.3) is 0 Å². The Kier molecular flexibility index (Phi) is 12.8. The van der Waals surface area contributed by atoms with Crippen molar-refractivity contribution in [1.82, 2.24) is 0 Å². The van der Waals surface area contributed by atoms with Gasteiger partial charge >= 0.3 is 59.1 Å². The third-order valence-corrected chi connectivity index (χ3v) is 0.717. The van der Waals surface area contributed by atoms with E-state index in [1.54, 1.807) is 0 Å². The van der Waals surface area contributed by atoms with E-state index in [2.05, 4.69) is 0 Å². The number of alkyl halides is 2. The SMILES string of the molecule is O=P([O-])([O-])C(F)F.[Na+].[Na+]. The third-order valence-electron chi connectivity index (χ3n) is 0.239. The summed E-state index contributed by atoms with van der Waals surface area (Å²) in [5.74, 6) is 0. The van der Waals surface area contributed by atoms with Crippen molar-refractivity contribution >= 4 is 7.60 Å². The van der Waals surface area contributed by atoms with Crippen LogP contribution in [-0.2, 0) is 4.57 Å². The summed E-state index contributed by atoms with van der Waals surface area (Å²) in [4.78, 5) is 18.1. The summed E-state index contributed by atoms with van der Waals surface area (Å²) in [6.45, 7) is 0. The van der Waals surface area contributed by atoms with Crippen molar-refractivity contribution in [3.8, 4) is 0 Å². The molecular formula is CHF2Na2O3P. The van der Waals surface area contributed by atoms with Gasteiger partial charge in [-0.05, 0) is 0 Å². The van der Waals surface area contributed by atoms with Gasteiger partial charge in [0.25, 0.3) is 6.17 Å². The summed E-state index contributed by atoms with van der Waals surface area (Å²) >= 11 is 0. The Morgan fingerprint density at radius 1 is 1.22 bits per heavy atom. The van der Waals surface area contributed by atoms with Gasteiger partial charge in [0.05, 0.1) is 0 Å². The molecule has 0 aromatic carbocycles. The van der Waals surface area contributed by atoms with E-state index in [0.717, 1.165) is 0 Å². The molecule has 44 valence electrons. The van der Waals surface area contributed by atoms with Crippen LogP contribution in [0.5, 0.6) is 0 Å². The largest absolute Gasteiger partial charge is 1.00 e. The monoisotopic (exact) mass is 176 g/mol. The van der Waals surface area contributed by atoms with E-state index in [0.29, 0.717) is 0 Å². The Hall–Kier alpha value is 2.01. The number of rotatable bonds is 1. The fourth-order valence-corrected chi connectivity index (χ4v) is 0. The molecule has 0 amide bonds. The molecule has 0 aromatic rings. The first-order chi connectivity index (χ1) is 2.94. The minimum absolute atomic E-state index is 0.